The summed E-state index contributed by atoms with van der Waals surface area (Å²) in [7, 11) is 0. The summed E-state index contributed by atoms with van der Waals surface area (Å²) in [5, 5.41) is 120. The Kier molecular flexibility index (Phi) is 13.7. The number of aliphatic hydroxyl groups excluding tert-OH is 10. The van der Waals surface area contributed by atoms with E-state index in [4.69, 9.17) is 28.4 Å². The smallest absolute Gasteiger partial charge is 0.335 e. The minimum absolute atomic E-state index is 0.0403. The molecule has 8 aliphatic rings. The van der Waals surface area contributed by atoms with Crippen LogP contribution in [0.2, 0.25) is 0 Å². The summed E-state index contributed by atoms with van der Waals surface area (Å²) >= 11 is 0. The average molecular weight is 957 g/mol. The number of hydrogen-bond donors (Lipinski definition) is 11. The Balaban J connectivity index is 1.09. The molecule has 0 bridgehead atoms. The van der Waals surface area contributed by atoms with E-state index in [1.54, 1.807) is 0 Å². The van der Waals surface area contributed by atoms with Gasteiger partial charge in [-0.1, -0.05) is 54.0 Å². The van der Waals surface area contributed by atoms with Crippen LogP contribution in [0.5, 0.6) is 0 Å². The van der Waals surface area contributed by atoms with Crippen molar-refractivity contribution >= 4 is 11.8 Å². The highest BCUT2D eigenvalue weighted by atomic mass is 16.8. The normalized spacial score (nSPS) is 55.3. The van der Waals surface area contributed by atoms with Crippen LogP contribution in [0.4, 0.5) is 0 Å². The van der Waals surface area contributed by atoms with E-state index in [2.05, 4.69) is 41.5 Å². The van der Waals surface area contributed by atoms with Crippen LogP contribution in [-0.2, 0) is 38.0 Å². The molecule has 19 nitrogen and oxygen atoms in total. The van der Waals surface area contributed by atoms with Crippen molar-refractivity contribution in [2.75, 3.05) is 13.2 Å². The highest BCUT2D eigenvalue weighted by Crippen LogP contribution is 2.75. The number of aliphatic carboxylic acids is 1. The summed E-state index contributed by atoms with van der Waals surface area (Å²) < 4.78 is 36.0. The van der Waals surface area contributed by atoms with E-state index in [0.29, 0.717) is 25.7 Å². The summed E-state index contributed by atoms with van der Waals surface area (Å²) in [4.78, 5) is 27.5. The first-order valence-electron chi connectivity index (χ1n) is 24.2. The number of carbonyl (C=O) groups excluding carboxylic acids is 1. The van der Waals surface area contributed by atoms with Crippen LogP contribution in [0.15, 0.2) is 11.6 Å². The monoisotopic (exact) mass is 956 g/mol. The molecule has 0 aromatic heterocycles. The third-order valence-corrected chi connectivity index (χ3v) is 19.2. The van der Waals surface area contributed by atoms with E-state index >= 15 is 4.79 Å². The first kappa shape index (κ1) is 51.6. The van der Waals surface area contributed by atoms with Crippen molar-refractivity contribution < 1.29 is 94.2 Å². The number of ketones is 1. The Bertz CT molecular complexity index is 1900. The van der Waals surface area contributed by atoms with Crippen molar-refractivity contribution in [3.8, 4) is 0 Å². The van der Waals surface area contributed by atoms with Gasteiger partial charge in [0.25, 0.3) is 0 Å². The molecule has 0 radical (unpaired) electrons. The number of allylic oxidation sites excluding steroid dienone is 2. The van der Waals surface area contributed by atoms with E-state index in [1.165, 1.54) is 6.92 Å². The molecule has 0 amide bonds. The van der Waals surface area contributed by atoms with Crippen LogP contribution in [0.1, 0.15) is 107 Å². The van der Waals surface area contributed by atoms with Crippen LogP contribution < -0.4 is 0 Å². The van der Waals surface area contributed by atoms with Gasteiger partial charge in [-0.3, -0.25) is 4.79 Å². The zero-order valence-electron chi connectivity index (χ0n) is 39.9. The number of ether oxygens (including phenoxy) is 6. The lowest BCUT2D eigenvalue weighted by atomic mass is 9.33. The van der Waals surface area contributed by atoms with Gasteiger partial charge in [-0.15, -0.1) is 0 Å². The van der Waals surface area contributed by atoms with Gasteiger partial charge in [-0.25, -0.2) is 4.79 Å². The van der Waals surface area contributed by atoms with Gasteiger partial charge in [0.05, 0.1) is 31.5 Å². The van der Waals surface area contributed by atoms with Crippen molar-refractivity contribution in [3.63, 3.8) is 0 Å². The zero-order chi connectivity index (χ0) is 49.3. The van der Waals surface area contributed by atoms with Gasteiger partial charge in [0, 0.05) is 16.7 Å². The summed E-state index contributed by atoms with van der Waals surface area (Å²) in [5.74, 6) is -2.30. The number of hydrogen-bond acceptors (Lipinski definition) is 18. The number of carboxylic acid groups (broad SMARTS) is 1. The first-order chi connectivity index (χ1) is 31.1. The molecule has 3 aliphatic heterocycles. The minimum atomic E-state index is -2.11. The van der Waals surface area contributed by atoms with Gasteiger partial charge in [0.15, 0.2) is 30.8 Å². The minimum Gasteiger partial charge on any atom is -0.479 e. The van der Waals surface area contributed by atoms with Crippen LogP contribution >= 0.6 is 0 Å². The summed E-state index contributed by atoms with van der Waals surface area (Å²) in [6, 6.07) is 0. The predicted octanol–water partition coefficient (Wildman–Crippen LogP) is -0.116. The molecule has 3 saturated heterocycles. The molecule has 25 atom stereocenters. The summed E-state index contributed by atoms with van der Waals surface area (Å²) in [6.45, 7) is 15.2. The second-order valence-electron chi connectivity index (χ2n) is 23.6. The Labute approximate surface area is 391 Å². The van der Waals surface area contributed by atoms with Gasteiger partial charge in [0.1, 0.15) is 61.0 Å². The molecule has 0 aromatic carbocycles. The van der Waals surface area contributed by atoms with Crippen LogP contribution in [-0.4, -0.2) is 185 Å². The Hall–Kier alpha value is -1.76. The number of aliphatic hydroxyl groups is 10. The molecule has 7 fully saturated rings. The van der Waals surface area contributed by atoms with Gasteiger partial charge in [-0.2, -0.15) is 0 Å². The quantitative estimate of drug-likeness (QED) is 0.134. The Morgan fingerprint density at radius 3 is 1.94 bits per heavy atom. The second kappa shape index (κ2) is 17.8. The molecule has 8 rings (SSSR count). The summed E-state index contributed by atoms with van der Waals surface area (Å²) in [5.41, 5.74) is -1.86. The molecule has 19 heteroatoms. The van der Waals surface area contributed by atoms with Crippen LogP contribution in [0, 0.1) is 50.2 Å². The number of rotatable bonds is 9. The van der Waals surface area contributed by atoms with Gasteiger partial charge in [-0.05, 0) is 97.9 Å². The number of fused-ring (bicyclic) bond motifs is 7. The van der Waals surface area contributed by atoms with Gasteiger partial charge in [0.2, 0.25) is 0 Å². The van der Waals surface area contributed by atoms with Crippen molar-refractivity contribution in [1.29, 1.82) is 0 Å². The van der Waals surface area contributed by atoms with Crippen LogP contribution in [0.3, 0.4) is 0 Å². The maximum Gasteiger partial charge on any atom is 0.335 e. The fourth-order valence-electron chi connectivity index (χ4n) is 14.9. The first-order valence-corrected chi connectivity index (χ1v) is 24.2. The average Bonchev–Trinajstić information content (AvgIpc) is 3.26. The molecule has 382 valence electrons. The van der Waals surface area contributed by atoms with Crippen LogP contribution in [0.25, 0.3) is 0 Å². The van der Waals surface area contributed by atoms with E-state index in [9.17, 15) is 61.0 Å². The predicted molar refractivity (Wildman–Crippen MR) is 231 cm³/mol. The lowest BCUT2D eigenvalue weighted by Crippen LogP contribution is -2.69. The van der Waals surface area contributed by atoms with E-state index < -0.39 is 146 Å². The van der Waals surface area contributed by atoms with Gasteiger partial charge >= 0.3 is 5.97 Å². The van der Waals surface area contributed by atoms with Crippen molar-refractivity contribution in [1.82, 2.24) is 0 Å². The highest BCUT2D eigenvalue weighted by molar-refractivity contribution is 5.95. The number of carbonyl (C=O) groups is 2. The van der Waals surface area contributed by atoms with Crippen molar-refractivity contribution in [2.24, 2.45) is 50.2 Å². The topological polar surface area (TPSA) is 312 Å². The highest BCUT2D eigenvalue weighted by Gasteiger charge is 2.72. The SMILES string of the molecule is C[C@@H]1O[C@@H](O[C@H]2[C@H](O[C@H]3[C@H](O[C@H]4CC[C@@]5(C)C(CC[C@]6(C)[C@@H]5C(=O)C=C5C7CC(C)(C)C[C@@H](O)[C@]7(C)CC[C@]56C)[C@@]4(C)CO)O[C@H](C(=O)O)[C@@H](O)[C@@H]3O)O[C@H](CO)[C@H](O)[C@@H]2O)[C@H](O)[C@H](O)[C@H]1O. The lowest BCUT2D eigenvalue weighted by molar-refractivity contribution is -0.396. The Morgan fingerprint density at radius 1 is 0.687 bits per heavy atom. The summed E-state index contributed by atoms with van der Waals surface area (Å²) in [6.07, 6.45) is -21.1. The Morgan fingerprint density at radius 2 is 1.31 bits per heavy atom. The van der Waals surface area contributed by atoms with E-state index in [-0.39, 0.29) is 40.3 Å². The molecule has 67 heavy (non-hydrogen) atoms. The molecule has 2 unspecified atom stereocenters. The van der Waals surface area contributed by atoms with E-state index in [0.717, 1.165) is 24.8 Å². The fourth-order valence-corrected chi connectivity index (χ4v) is 14.9. The second-order valence-corrected chi connectivity index (χ2v) is 23.6. The van der Waals surface area contributed by atoms with Gasteiger partial charge < -0.3 is 84.6 Å². The third kappa shape index (κ3) is 7.92. The standard InChI is InChI=1S/C48H76O19/c1-20-28(53)30(55)34(59)40(62-20)66-36-31(56)29(54)24(18-49)63-41(36)67-37-33(58)32(57)35(39(60)61)65-42(37)64-27-10-11-45(5)25(46(27,6)19-50)9-12-48(8)38(45)23(51)15-21-22-16-43(2,3)17-26(52)44(22,4)13-14-47(21,48)7/h15,20,22,24-38,40-42,49-50,52-59H,9-14,16-19H2,1-8H3,(H,60,61)/t20-,22?,24+,25?,26+,27-,28-,29-,30+,31-,32-,33-,34+,35-,36+,37+,38+,40-,41-,42+,44+,45-,46+,47+,48+/m0/s1. The molecule has 4 saturated carbocycles. The third-order valence-electron chi connectivity index (χ3n) is 19.2. The maximum absolute atomic E-state index is 15.0. The molecular weight excluding hydrogens is 881 g/mol. The maximum atomic E-state index is 15.0. The largest absolute Gasteiger partial charge is 0.479 e. The molecule has 0 aromatic rings. The number of carboxylic acids is 1. The molecule has 0 spiro atoms. The molecular formula is C48H76O19. The lowest BCUT2D eigenvalue weighted by Gasteiger charge is -2.71. The zero-order valence-corrected chi connectivity index (χ0v) is 39.9. The molecule has 3 heterocycles. The molecule has 5 aliphatic carbocycles. The van der Waals surface area contributed by atoms with E-state index in [1.807, 2.05) is 13.0 Å². The fraction of sp³-hybridized carbons (Fsp3) is 0.917. The van der Waals surface area contributed by atoms with Crippen molar-refractivity contribution in [3.05, 3.63) is 11.6 Å². The van der Waals surface area contributed by atoms with Crippen molar-refractivity contribution in [2.45, 2.75) is 211 Å². The molecule has 11 N–H and O–H groups in total.